The van der Waals surface area contributed by atoms with E-state index in [-0.39, 0.29) is 11.9 Å². The van der Waals surface area contributed by atoms with Gasteiger partial charge in [-0.25, -0.2) is 0 Å². The molecule has 2 N–H and O–H groups in total. The summed E-state index contributed by atoms with van der Waals surface area (Å²) in [5, 5.41) is 5.81. The van der Waals surface area contributed by atoms with Gasteiger partial charge in [-0.05, 0) is 18.8 Å². The van der Waals surface area contributed by atoms with Crippen LogP contribution in [0.3, 0.4) is 0 Å². The zero-order valence-electron chi connectivity index (χ0n) is 6.05. The van der Waals surface area contributed by atoms with Gasteiger partial charge >= 0.3 is 0 Å². The molecule has 1 saturated carbocycles. The van der Waals surface area contributed by atoms with Gasteiger partial charge in [-0.1, -0.05) is 0 Å². The first-order chi connectivity index (χ1) is 4.83. The van der Waals surface area contributed by atoms with E-state index in [2.05, 4.69) is 10.6 Å². The summed E-state index contributed by atoms with van der Waals surface area (Å²) in [6.07, 6.45) is 2.62. The molecule has 56 valence electrons. The van der Waals surface area contributed by atoms with Crippen molar-refractivity contribution in [1.82, 2.24) is 10.6 Å². The molecular formula is C7H12N2O. The van der Waals surface area contributed by atoms with Crippen molar-refractivity contribution in [3.8, 4) is 0 Å². The average molecular weight is 140 g/mol. The Morgan fingerprint density at radius 2 is 2.30 bits per heavy atom. The molecule has 2 atom stereocenters. The SMILES string of the molecule is CNC(=O)C1NC1C1CC1. The highest BCUT2D eigenvalue weighted by atomic mass is 16.2. The first-order valence-electron chi connectivity index (χ1n) is 3.80. The summed E-state index contributed by atoms with van der Waals surface area (Å²) in [4.78, 5) is 10.9. The Bertz CT molecular complexity index is 165. The average Bonchev–Trinajstić information content (AvgIpc) is 2.74. The zero-order valence-corrected chi connectivity index (χ0v) is 6.05. The highest BCUT2D eigenvalue weighted by molar-refractivity contribution is 5.85. The molecule has 1 aliphatic heterocycles. The standard InChI is InChI=1S/C7H12N2O/c1-8-7(10)6-5(9-6)4-2-3-4/h4-6,9H,2-3H2,1H3,(H,8,10). The van der Waals surface area contributed by atoms with Crippen LogP contribution in [0.1, 0.15) is 12.8 Å². The van der Waals surface area contributed by atoms with Crippen molar-refractivity contribution in [2.75, 3.05) is 7.05 Å². The Hall–Kier alpha value is -0.570. The number of hydrogen-bond donors (Lipinski definition) is 2. The predicted octanol–water partition coefficient (Wildman–Crippen LogP) is -0.517. The van der Waals surface area contributed by atoms with Crippen LogP contribution >= 0.6 is 0 Å². The summed E-state index contributed by atoms with van der Waals surface area (Å²) in [5.74, 6) is 0.958. The number of likely N-dealkylation sites (N-methyl/N-ethyl adjacent to an activating group) is 1. The van der Waals surface area contributed by atoms with Crippen LogP contribution in [0.25, 0.3) is 0 Å². The zero-order chi connectivity index (χ0) is 7.14. The van der Waals surface area contributed by atoms with Gasteiger partial charge in [0.05, 0.1) is 0 Å². The van der Waals surface area contributed by atoms with Crippen molar-refractivity contribution in [3.05, 3.63) is 0 Å². The lowest BCUT2D eigenvalue weighted by atomic mass is 10.2. The van der Waals surface area contributed by atoms with Crippen LogP contribution in [-0.4, -0.2) is 25.0 Å². The molecule has 3 heteroatoms. The van der Waals surface area contributed by atoms with Crippen LogP contribution in [0.15, 0.2) is 0 Å². The monoisotopic (exact) mass is 140 g/mol. The van der Waals surface area contributed by atoms with Crippen molar-refractivity contribution in [1.29, 1.82) is 0 Å². The molecule has 0 aromatic carbocycles. The molecule has 2 aliphatic rings. The first kappa shape index (κ1) is 6.16. The molecule has 3 nitrogen and oxygen atoms in total. The Balaban J connectivity index is 1.82. The molecule has 1 heterocycles. The van der Waals surface area contributed by atoms with E-state index >= 15 is 0 Å². The minimum Gasteiger partial charge on any atom is -0.358 e. The molecule has 1 amide bonds. The summed E-state index contributed by atoms with van der Waals surface area (Å²) >= 11 is 0. The third-order valence-corrected chi connectivity index (χ3v) is 2.28. The van der Waals surface area contributed by atoms with Gasteiger partial charge in [0.25, 0.3) is 0 Å². The van der Waals surface area contributed by atoms with Crippen molar-refractivity contribution in [2.45, 2.75) is 24.9 Å². The second-order valence-corrected chi connectivity index (χ2v) is 3.12. The van der Waals surface area contributed by atoms with Crippen LogP contribution in [-0.2, 0) is 4.79 Å². The Kier molecular flexibility index (Phi) is 1.20. The largest absolute Gasteiger partial charge is 0.358 e. The number of hydrogen-bond acceptors (Lipinski definition) is 2. The van der Waals surface area contributed by atoms with Gasteiger partial charge in [0.1, 0.15) is 6.04 Å². The van der Waals surface area contributed by atoms with Crippen molar-refractivity contribution in [3.63, 3.8) is 0 Å². The normalized spacial score (nSPS) is 37.3. The van der Waals surface area contributed by atoms with Gasteiger partial charge in [0.2, 0.25) is 5.91 Å². The maximum Gasteiger partial charge on any atom is 0.238 e. The van der Waals surface area contributed by atoms with E-state index in [0.717, 1.165) is 5.92 Å². The molecule has 2 fully saturated rings. The lowest BCUT2D eigenvalue weighted by Crippen LogP contribution is -2.26. The fourth-order valence-corrected chi connectivity index (χ4v) is 1.41. The van der Waals surface area contributed by atoms with Crippen LogP contribution in [0.4, 0.5) is 0 Å². The summed E-state index contributed by atoms with van der Waals surface area (Å²) < 4.78 is 0. The Morgan fingerprint density at radius 3 is 2.80 bits per heavy atom. The number of rotatable bonds is 2. The molecule has 1 saturated heterocycles. The molecule has 0 aromatic heterocycles. The van der Waals surface area contributed by atoms with Gasteiger partial charge in [0.15, 0.2) is 0 Å². The van der Waals surface area contributed by atoms with E-state index < -0.39 is 0 Å². The summed E-state index contributed by atoms with van der Waals surface area (Å²) in [7, 11) is 1.69. The number of nitrogens with one attached hydrogen (secondary N) is 2. The fraction of sp³-hybridized carbons (Fsp3) is 0.857. The van der Waals surface area contributed by atoms with Crippen LogP contribution in [0.5, 0.6) is 0 Å². The van der Waals surface area contributed by atoms with Crippen LogP contribution in [0.2, 0.25) is 0 Å². The van der Waals surface area contributed by atoms with Crippen molar-refractivity contribution < 1.29 is 4.79 Å². The summed E-state index contributed by atoms with van der Waals surface area (Å²) in [6, 6.07) is 0.650. The van der Waals surface area contributed by atoms with Gasteiger partial charge in [0, 0.05) is 13.1 Å². The van der Waals surface area contributed by atoms with Gasteiger partial charge in [-0.3, -0.25) is 10.1 Å². The van der Waals surface area contributed by atoms with E-state index in [1.807, 2.05) is 0 Å². The van der Waals surface area contributed by atoms with Gasteiger partial charge in [-0.15, -0.1) is 0 Å². The number of carbonyl (C=O) groups excluding carboxylic acids is 1. The molecule has 0 spiro atoms. The van der Waals surface area contributed by atoms with Gasteiger partial charge < -0.3 is 5.32 Å². The number of amides is 1. The number of carbonyl (C=O) groups is 1. The van der Waals surface area contributed by atoms with Crippen LogP contribution < -0.4 is 10.6 Å². The van der Waals surface area contributed by atoms with E-state index in [1.165, 1.54) is 12.8 Å². The summed E-state index contributed by atoms with van der Waals surface area (Å²) in [6.45, 7) is 0. The minimum atomic E-state index is 0.137. The second kappa shape index (κ2) is 1.95. The smallest absolute Gasteiger partial charge is 0.238 e. The molecule has 1 aliphatic carbocycles. The summed E-state index contributed by atoms with van der Waals surface area (Å²) in [5.41, 5.74) is 0. The van der Waals surface area contributed by atoms with Gasteiger partial charge in [-0.2, -0.15) is 0 Å². The van der Waals surface area contributed by atoms with E-state index in [4.69, 9.17) is 0 Å². The van der Waals surface area contributed by atoms with E-state index in [1.54, 1.807) is 7.05 Å². The maximum absolute atomic E-state index is 10.9. The van der Waals surface area contributed by atoms with E-state index in [0.29, 0.717) is 6.04 Å². The molecule has 2 rings (SSSR count). The van der Waals surface area contributed by atoms with Crippen molar-refractivity contribution >= 4 is 5.91 Å². The molecule has 0 bridgehead atoms. The molecule has 0 aromatic rings. The lowest BCUT2D eigenvalue weighted by Gasteiger charge is -1.92. The van der Waals surface area contributed by atoms with Crippen molar-refractivity contribution in [2.24, 2.45) is 5.92 Å². The fourth-order valence-electron chi connectivity index (χ4n) is 1.41. The third-order valence-electron chi connectivity index (χ3n) is 2.28. The second-order valence-electron chi connectivity index (χ2n) is 3.12. The molecule has 0 radical (unpaired) electrons. The molecular weight excluding hydrogens is 128 g/mol. The van der Waals surface area contributed by atoms with E-state index in [9.17, 15) is 4.79 Å². The highest BCUT2D eigenvalue weighted by Crippen LogP contribution is 2.39. The highest BCUT2D eigenvalue weighted by Gasteiger charge is 2.50. The maximum atomic E-state index is 10.9. The Morgan fingerprint density at radius 1 is 1.60 bits per heavy atom. The van der Waals surface area contributed by atoms with Crippen LogP contribution in [0, 0.1) is 5.92 Å². The lowest BCUT2D eigenvalue weighted by molar-refractivity contribution is -0.120. The quantitative estimate of drug-likeness (QED) is 0.507. The Labute approximate surface area is 60.2 Å². The molecule has 10 heavy (non-hydrogen) atoms. The minimum absolute atomic E-state index is 0.137. The molecule has 2 unspecified atom stereocenters. The topological polar surface area (TPSA) is 51.0 Å². The third kappa shape index (κ3) is 0.904. The first-order valence-corrected chi connectivity index (χ1v) is 3.80. The predicted molar refractivity (Wildman–Crippen MR) is 37.5 cm³/mol.